The van der Waals surface area contributed by atoms with Crippen LogP contribution in [0.3, 0.4) is 0 Å². The molecule has 128 valence electrons. The lowest BCUT2D eigenvalue weighted by atomic mass is 10.1. The number of benzene rings is 1. The fourth-order valence-corrected chi connectivity index (χ4v) is 2.82. The van der Waals surface area contributed by atoms with Crippen molar-refractivity contribution >= 4 is 23.2 Å². The van der Waals surface area contributed by atoms with Crippen LogP contribution in [0.15, 0.2) is 24.3 Å². The fraction of sp³-hybridized carbons (Fsp3) is 0.588. The molecule has 23 heavy (non-hydrogen) atoms. The lowest BCUT2D eigenvalue weighted by molar-refractivity contribution is -0.125. The van der Waals surface area contributed by atoms with Crippen molar-refractivity contribution < 1.29 is 4.79 Å². The first kappa shape index (κ1) is 18.0. The molecule has 1 aromatic carbocycles. The van der Waals surface area contributed by atoms with Gasteiger partial charge in [0.15, 0.2) is 0 Å². The Labute approximate surface area is 143 Å². The summed E-state index contributed by atoms with van der Waals surface area (Å²) in [4.78, 5) is 16.5. The molecule has 1 aliphatic heterocycles. The Morgan fingerprint density at radius 1 is 1.30 bits per heavy atom. The first-order chi connectivity index (χ1) is 10.9. The third-order valence-corrected chi connectivity index (χ3v) is 4.30. The minimum absolute atomic E-state index is 0.0942. The predicted molar refractivity (Wildman–Crippen MR) is 96.0 cm³/mol. The van der Waals surface area contributed by atoms with Crippen molar-refractivity contribution in [1.29, 1.82) is 0 Å². The molecule has 0 atom stereocenters. The van der Waals surface area contributed by atoms with Crippen molar-refractivity contribution in [3.63, 3.8) is 0 Å². The lowest BCUT2D eigenvalue weighted by Gasteiger charge is -2.36. The molecule has 0 radical (unpaired) electrons. The summed E-state index contributed by atoms with van der Waals surface area (Å²) in [6, 6.07) is 8.01. The third-order valence-electron chi connectivity index (χ3n) is 4.07. The molecular formula is C17H27ClN4O. The van der Waals surface area contributed by atoms with E-state index in [0.717, 1.165) is 44.2 Å². The second kappa shape index (κ2) is 7.99. The Hall–Kier alpha value is -1.30. The summed E-state index contributed by atoms with van der Waals surface area (Å²) in [7, 11) is 0. The van der Waals surface area contributed by atoms with Gasteiger partial charge in [0.1, 0.15) is 0 Å². The van der Waals surface area contributed by atoms with Gasteiger partial charge in [-0.3, -0.25) is 9.69 Å². The number of nitrogens with two attached hydrogens (primary N) is 1. The maximum Gasteiger partial charge on any atom is 0.239 e. The van der Waals surface area contributed by atoms with Crippen LogP contribution in [0.4, 0.5) is 5.69 Å². The van der Waals surface area contributed by atoms with Crippen molar-refractivity contribution in [1.82, 2.24) is 10.2 Å². The van der Waals surface area contributed by atoms with Gasteiger partial charge in [-0.25, -0.2) is 0 Å². The summed E-state index contributed by atoms with van der Waals surface area (Å²) in [5.41, 5.74) is 6.13. The minimum atomic E-state index is -0.803. The van der Waals surface area contributed by atoms with Gasteiger partial charge in [-0.15, -0.1) is 0 Å². The summed E-state index contributed by atoms with van der Waals surface area (Å²) in [6.45, 7) is 9.17. The van der Waals surface area contributed by atoms with Crippen LogP contribution in [0.1, 0.15) is 20.3 Å². The summed E-state index contributed by atoms with van der Waals surface area (Å²) >= 11 is 6.05. The number of anilines is 1. The van der Waals surface area contributed by atoms with Crippen molar-refractivity contribution in [3.8, 4) is 0 Å². The molecule has 1 heterocycles. The molecule has 2 rings (SSSR count). The highest BCUT2D eigenvalue weighted by Gasteiger charge is 2.21. The van der Waals surface area contributed by atoms with Crippen LogP contribution < -0.4 is 16.0 Å². The Bertz CT molecular complexity index is 522. The Kier molecular flexibility index (Phi) is 6.27. The van der Waals surface area contributed by atoms with Crippen LogP contribution in [0.25, 0.3) is 0 Å². The number of nitrogens with zero attached hydrogens (tertiary/aromatic N) is 2. The van der Waals surface area contributed by atoms with Gasteiger partial charge in [0.2, 0.25) is 5.91 Å². The molecule has 0 bridgehead atoms. The lowest BCUT2D eigenvalue weighted by Crippen LogP contribution is -2.50. The number of carbonyl (C=O) groups is 1. The van der Waals surface area contributed by atoms with Crippen LogP contribution in [0, 0.1) is 0 Å². The highest BCUT2D eigenvalue weighted by atomic mass is 35.5. The third kappa shape index (κ3) is 5.68. The average Bonchev–Trinajstić information content (AvgIpc) is 2.51. The zero-order chi connectivity index (χ0) is 16.9. The predicted octanol–water partition coefficient (Wildman–Crippen LogP) is 1.71. The number of rotatable bonds is 6. The number of amides is 1. The summed E-state index contributed by atoms with van der Waals surface area (Å²) in [5, 5.41) is 3.67. The van der Waals surface area contributed by atoms with Gasteiger partial charge in [0.25, 0.3) is 0 Å². The molecule has 1 saturated heterocycles. The molecule has 1 amide bonds. The van der Waals surface area contributed by atoms with E-state index in [-0.39, 0.29) is 5.91 Å². The van der Waals surface area contributed by atoms with Crippen molar-refractivity contribution in [2.45, 2.75) is 25.8 Å². The molecule has 3 N–H and O–H groups in total. The van der Waals surface area contributed by atoms with Crippen molar-refractivity contribution in [3.05, 3.63) is 29.3 Å². The molecule has 0 aromatic heterocycles. The van der Waals surface area contributed by atoms with Gasteiger partial charge in [-0.1, -0.05) is 17.7 Å². The Balaban J connectivity index is 1.66. The van der Waals surface area contributed by atoms with Gasteiger partial charge in [-0.2, -0.15) is 0 Å². The normalized spacial score (nSPS) is 16.4. The van der Waals surface area contributed by atoms with Crippen LogP contribution in [-0.4, -0.2) is 55.6 Å². The summed E-state index contributed by atoms with van der Waals surface area (Å²) < 4.78 is 0. The number of carbonyl (C=O) groups excluding carboxylic acids is 1. The smallest absolute Gasteiger partial charge is 0.239 e. The molecule has 0 spiro atoms. The molecule has 0 aliphatic carbocycles. The quantitative estimate of drug-likeness (QED) is 0.775. The van der Waals surface area contributed by atoms with Crippen LogP contribution >= 0.6 is 11.6 Å². The second-order valence-electron chi connectivity index (χ2n) is 6.64. The number of halogens is 1. The molecule has 0 unspecified atom stereocenters. The molecule has 0 saturated carbocycles. The highest BCUT2D eigenvalue weighted by Crippen LogP contribution is 2.20. The Morgan fingerprint density at radius 2 is 2.00 bits per heavy atom. The number of nitrogens with one attached hydrogen (secondary N) is 1. The van der Waals surface area contributed by atoms with E-state index in [1.165, 1.54) is 5.69 Å². The van der Waals surface area contributed by atoms with E-state index in [1.54, 1.807) is 13.8 Å². The van der Waals surface area contributed by atoms with Gasteiger partial charge >= 0.3 is 0 Å². The SMILES string of the molecule is CC(C)(N)C(=O)NCCCN1CCN(c2cccc(Cl)c2)CC1. The Morgan fingerprint density at radius 3 is 2.61 bits per heavy atom. The van der Waals surface area contributed by atoms with E-state index < -0.39 is 5.54 Å². The standard InChI is InChI=1S/C17H27ClN4O/c1-17(2,19)16(23)20-7-4-8-21-9-11-22(12-10-21)15-6-3-5-14(18)13-15/h3,5-6,13H,4,7-12,19H2,1-2H3,(H,20,23). The van der Waals surface area contributed by atoms with Gasteiger partial charge in [0, 0.05) is 43.4 Å². The average molecular weight is 339 g/mol. The maximum atomic E-state index is 11.7. The molecule has 1 aromatic rings. The van der Waals surface area contributed by atoms with Crippen LogP contribution in [0.5, 0.6) is 0 Å². The van der Waals surface area contributed by atoms with Gasteiger partial charge in [-0.05, 0) is 45.0 Å². The van der Waals surface area contributed by atoms with E-state index >= 15 is 0 Å². The van der Waals surface area contributed by atoms with Crippen LogP contribution in [-0.2, 0) is 4.79 Å². The van der Waals surface area contributed by atoms with Gasteiger partial charge < -0.3 is 16.0 Å². The summed E-state index contributed by atoms with van der Waals surface area (Å²) in [5.74, 6) is -0.0942. The van der Waals surface area contributed by atoms with Crippen molar-refractivity contribution in [2.75, 3.05) is 44.2 Å². The summed E-state index contributed by atoms with van der Waals surface area (Å²) in [6.07, 6.45) is 0.943. The zero-order valence-electron chi connectivity index (χ0n) is 14.0. The first-order valence-corrected chi connectivity index (χ1v) is 8.54. The van der Waals surface area contributed by atoms with E-state index in [1.807, 2.05) is 18.2 Å². The zero-order valence-corrected chi connectivity index (χ0v) is 14.8. The van der Waals surface area contributed by atoms with Gasteiger partial charge in [0.05, 0.1) is 5.54 Å². The van der Waals surface area contributed by atoms with E-state index in [2.05, 4.69) is 21.2 Å². The van der Waals surface area contributed by atoms with Crippen molar-refractivity contribution in [2.24, 2.45) is 5.73 Å². The highest BCUT2D eigenvalue weighted by molar-refractivity contribution is 6.30. The monoisotopic (exact) mass is 338 g/mol. The van der Waals surface area contributed by atoms with E-state index in [9.17, 15) is 4.79 Å². The maximum absolute atomic E-state index is 11.7. The second-order valence-corrected chi connectivity index (χ2v) is 7.08. The number of hydrogen-bond donors (Lipinski definition) is 2. The molecule has 1 aliphatic rings. The molecule has 5 nitrogen and oxygen atoms in total. The molecule has 1 fully saturated rings. The molecular weight excluding hydrogens is 312 g/mol. The molecule has 6 heteroatoms. The fourth-order valence-electron chi connectivity index (χ4n) is 2.63. The van der Waals surface area contributed by atoms with Crippen LogP contribution in [0.2, 0.25) is 5.02 Å². The largest absolute Gasteiger partial charge is 0.369 e. The number of hydrogen-bond acceptors (Lipinski definition) is 4. The number of piperazine rings is 1. The first-order valence-electron chi connectivity index (χ1n) is 8.16. The van der Waals surface area contributed by atoms with E-state index in [0.29, 0.717) is 6.54 Å². The van der Waals surface area contributed by atoms with E-state index in [4.69, 9.17) is 17.3 Å². The minimum Gasteiger partial charge on any atom is -0.369 e. The topological polar surface area (TPSA) is 61.6 Å².